The van der Waals surface area contributed by atoms with Crippen LogP contribution < -0.4 is 0 Å². The van der Waals surface area contributed by atoms with Gasteiger partial charge in [-0.1, -0.05) is 28.1 Å². The van der Waals surface area contributed by atoms with Crippen LogP contribution in [0.1, 0.15) is 5.82 Å². The van der Waals surface area contributed by atoms with E-state index in [1.165, 1.54) is 0 Å². The highest BCUT2D eigenvalue weighted by atomic mass is 79.9. The molecular formula is C11H11BrN2O. The normalized spacial score (nSPS) is 10.6. The number of hydrogen-bond acceptors (Lipinski definition) is 2. The third-order valence-corrected chi connectivity index (χ3v) is 2.78. The molecule has 15 heavy (non-hydrogen) atoms. The molecule has 0 unspecified atom stereocenters. The van der Waals surface area contributed by atoms with E-state index in [1.807, 2.05) is 42.1 Å². The third kappa shape index (κ3) is 2.11. The van der Waals surface area contributed by atoms with Gasteiger partial charge in [-0.05, 0) is 12.1 Å². The summed E-state index contributed by atoms with van der Waals surface area (Å²) in [7, 11) is 1.88. The zero-order valence-electron chi connectivity index (χ0n) is 8.31. The average Bonchev–Trinajstić information content (AvgIpc) is 2.61. The predicted molar refractivity (Wildman–Crippen MR) is 62.3 cm³/mol. The molecule has 78 valence electrons. The molecule has 0 aliphatic heterocycles. The quantitative estimate of drug-likeness (QED) is 0.906. The van der Waals surface area contributed by atoms with E-state index in [-0.39, 0.29) is 6.61 Å². The van der Waals surface area contributed by atoms with Crippen molar-refractivity contribution in [2.24, 2.45) is 7.05 Å². The van der Waals surface area contributed by atoms with Crippen LogP contribution in [0.15, 0.2) is 34.9 Å². The molecule has 1 aromatic carbocycles. The molecule has 2 aromatic rings. The van der Waals surface area contributed by atoms with Crippen molar-refractivity contribution < 1.29 is 5.11 Å². The van der Waals surface area contributed by atoms with Gasteiger partial charge in [0.15, 0.2) is 0 Å². The summed E-state index contributed by atoms with van der Waals surface area (Å²) in [6.45, 7) is -0.0347. The van der Waals surface area contributed by atoms with Crippen LogP contribution in [0.2, 0.25) is 0 Å². The number of imidazole rings is 1. The molecule has 4 heteroatoms. The van der Waals surface area contributed by atoms with E-state index in [1.54, 1.807) is 0 Å². The van der Waals surface area contributed by atoms with Crippen molar-refractivity contribution in [2.45, 2.75) is 6.61 Å². The van der Waals surface area contributed by atoms with Crippen LogP contribution >= 0.6 is 15.9 Å². The molecule has 1 heterocycles. The van der Waals surface area contributed by atoms with E-state index in [2.05, 4.69) is 20.9 Å². The van der Waals surface area contributed by atoms with Crippen LogP contribution in [0.25, 0.3) is 11.3 Å². The number of aromatic nitrogens is 2. The number of halogens is 1. The lowest BCUT2D eigenvalue weighted by atomic mass is 10.2. The first-order valence-corrected chi connectivity index (χ1v) is 5.39. The third-order valence-electron chi connectivity index (χ3n) is 2.25. The van der Waals surface area contributed by atoms with Gasteiger partial charge in [0.05, 0.1) is 5.69 Å². The van der Waals surface area contributed by atoms with Crippen molar-refractivity contribution in [3.8, 4) is 11.3 Å². The van der Waals surface area contributed by atoms with Crippen molar-refractivity contribution in [2.75, 3.05) is 0 Å². The van der Waals surface area contributed by atoms with Gasteiger partial charge in [-0.25, -0.2) is 4.98 Å². The first kappa shape index (κ1) is 10.4. The van der Waals surface area contributed by atoms with E-state index in [4.69, 9.17) is 5.11 Å². The monoisotopic (exact) mass is 266 g/mol. The van der Waals surface area contributed by atoms with E-state index in [0.717, 1.165) is 15.7 Å². The Bertz CT molecular complexity index is 462. The number of aliphatic hydroxyl groups is 1. The number of rotatable bonds is 2. The van der Waals surface area contributed by atoms with Crippen LogP contribution in [0.5, 0.6) is 0 Å². The van der Waals surface area contributed by atoms with Gasteiger partial charge in [-0.15, -0.1) is 0 Å². The van der Waals surface area contributed by atoms with Crippen LogP contribution in [0.3, 0.4) is 0 Å². The summed E-state index contributed by atoms with van der Waals surface area (Å²) >= 11 is 3.39. The highest BCUT2D eigenvalue weighted by molar-refractivity contribution is 9.10. The lowest BCUT2D eigenvalue weighted by Gasteiger charge is -1.95. The molecule has 0 atom stereocenters. The summed E-state index contributed by atoms with van der Waals surface area (Å²) in [5.74, 6) is 0.674. The van der Waals surface area contributed by atoms with E-state index in [0.29, 0.717) is 5.82 Å². The second-order valence-electron chi connectivity index (χ2n) is 3.32. The van der Waals surface area contributed by atoms with Crippen LogP contribution in [0.4, 0.5) is 0 Å². The summed E-state index contributed by atoms with van der Waals surface area (Å²) in [6, 6.07) is 7.94. The zero-order valence-corrected chi connectivity index (χ0v) is 9.90. The number of nitrogens with zero attached hydrogens (tertiary/aromatic N) is 2. The molecule has 0 amide bonds. The highest BCUT2D eigenvalue weighted by Gasteiger charge is 2.05. The molecule has 0 spiro atoms. The van der Waals surface area contributed by atoms with Gasteiger partial charge in [0.1, 0.15) is 12.4 Å². The summed E-state index contributed by atoms with van der Waals surface area (Å²) in [6.07, 6.45) is 1.91. The molecule has 0 bridgehead atoms. The second-order valence-corrected chi connectivity index (χ2v) is 4.23. The summed E-state index contributed by atoms with van der Waals surface area (Å²) in [4.78, 5) is 4.33. The Morgan fingerprint density at radius 2 is 2.00 bits per heavy atom. The average molecular weight is 267 g/mol. The molecule has 0 aliphatic rings. The van der Waals surface area contributed by atoms with Crippen molar-refractivity contribution in [1.29, 1.82) is 0 Å². The molecular weight excluding hydrogens is 256 g/mol. The lowest BCUT2D eigenvalue weighted by molar-refractivity contribution is 0.267. The van der Waals surface area contributed by atoms with Gasteiger partial charge in [-0.3, -0.25) is 0 Å². The predicted octanol–water partition coefficient (Wildman–Crippen LogP) is 2.34. The number of aryl methyl sites for hydroxylation is 1. The van der Waals surface area contributed by atoms with E-state index >= 15 is 0 Å². The minimum Gasteiger partial charge on any atom is -0.388 e. The maximum absolute atomic E-state index is 9.03. The first-order valence-electron chi connectivity index (χ1n) is 4.60. The Kier molecular flexibility index (Phi) is 2.88. The summed E-state index contributed by atoms with van der Waals surface area (Å²) in [5, 5.41) is 9.03. The van der Waals surface area contributed by atoms with E-state index < -0.39 is 0 Å². The van der Waals surface area contributed by atoms with Crippen LogP contribution in [-0.2, 0) is 13.7 Å². The lowest BCUT2D eigenvalue weighted by Crippen LogP contribution is -1.94. The summed E-state index contributed by atoms with van der Waals surface area (Å²) < 4.78 is 2.88. The SMILES string of the molecule is Cn1cc(-c2ccc(Br)cc2)nc1CO. The Morgan fingerprint density at radius 1 is 1.33 bits per heavy atom. The topological polar surface area (TPSA) is 38.0 Å². The summed E-state index contributed by atoms with van der Waals surface area (Å²) in [5.41, 5.74) is 1.93. The Balaban J connectivity index is 2.41. The number of aliphatic hydroxyl groups excluding tert-OH is 1. The van der Waals surface area contributed by atoms with Crippen molar-refractivity contribution in [3.63, 3.8) is 0 Å². The molecule has 3 nitrogen and oxygen atoms in total. The second kappa shape index (κ2) is 4.16. The Hall–Kier alpha value is -1.13. The van der Waals surface area contributed by atoms with Gasteiger partial charge in [0, 0.05) is 23.3 Å². The molecule has 1 aromatic heterocycles. The van der Waals surface area contributed by atoms with Gasteiger partial charge >= 0.3 is 0 Å². The van der Waals surface area contributed by atoms with Gasteiger partial charge in [-0.2, -0.15) is 0 Å². The minimum absolute atomic E-state index is 0.0347. The van der Waals surface area contributed by atoms with Gasteiger partial charge in [0.25, 0.3) is 0 Å². The largest absolute Gasteiger partial charge is 0.388 e. The highest BCUT2D eigenvalue weighted by Crippen LogP contribution is 2.20. The maximum atomic E-state index is 9.03. The maximum Gasteiger partial charge on any atom is 0.134 e. The molecule has 0 aliphatic carbocycles. The zero-order chi connectivity index (χ0) is 10.8. The Morgan fingerprint density at radius 3 is 2.53 bits per heavy atom. The standard InChI is InChI=1S/C11H11BrN2O/c1-14-6-10(13-11(14)7-15)8-2-4-9(12)5-3-8/h2-6,15H,7H2,1H3. The molecule has 0 saturated carbocycles. The fourth-order valence-corrected chi connectivity index (χ4v) is 1.68. The molecule has 2 rings (SSSR count). The molecule has 0 fully saturated rings. The first-order chi connectivity index (χ1) is 7.20. The van der Waals surface area contributed by atoms with Gasteiger partial charge < -0.3 is 9.67 Å². The van der Waals surface area contributed by atoms with Crippen molar-refractivity contribution in [3.05, 3.63) is 40.8 Å². The number of benzene rings is 1. The van der Waals surface area contributed by atoms with Gasteiger partial charge in [0.2, 0.25) is 0 Å². The Labute approximate surface area is 96.5 Å². The van der Waals surface area contributed by atoms with Crippen molar-refractivity contribution >= 4 is 15.9 Å². The fourth-order valence-electron chi connectivity index (χ4n) is 1.41. The van der Waals surface area contributed by atoms with Crippen LogP contribution in [0, 0.1) is 0 Å². The van der Waals surface area contributed by atoms with Crippen LogP contribution in [-0.4, -0.2) is 14.7 Å². The smallest absolute Gasteiger partial charge is 0.134 e. The van der Waals surface area contributed by atoms with Crippen molar-refractivity contribution in [1.82, 2.24) is 9.55 Å². The molecule has 0 radical (unpaired) electrons. The molecule has 1 N–H and O–H groups in total. The number of hydrogen-bond donors (Lipinski definition) is 1. The molecule has 0 saturated heterocycles. The minimum atomic E-state index is -0.0347. The van der Waals surface area contributed by atoms with E-state index in [9.17, 15) is 0 Å². The fraction of sp³-hybridized carbons (Fsp3) is 0.182.